The minimum absolute atomic E-state index is 0.0163. The number of anilines is 1. The molecule has 0 radical (unpaired) electrons. The molecular formula is C17H25FN4O3. The number of rotatable bonds is 6. The van der Waals surface area contributed by atoms with Gasteiger partial charge in [0.2, 0.25) is 11.9 Å². The topological polar surface area (TPSA) is 67.8 Å². The van der Waals surface area contributed by atoms with Crippen LogP contribution in [0.5, 0.6) is 0 Å². The van der Waals surface area contributed by atoms with Gasteiger partial charge in [-0.25, -0.2) is 14.4 Å². The second-order valence-corrected chi connectivity index (χ2v) is 7.08. The largest absolute Gasteiger partial charge is 0.372 e. The zero-order valence-electron chi connectivity index (χ0n) is 14.8. The highest BCUT2D eigenvalue weighted by atomic mass is 19.1. The molecule has 7 nitrogen and oxygen atoms in total. The lowest BCUT2D eigenvalue weighted by Gasteiger charge is -2.53. The average molecular weight is 352 g/mol. The predicted molar refractivity (Wildman–Crippen MR) is 89.7 cm³/mol. The van der Waals surface area contributed by atoms with Gasteiger partial charge in [0.25, 0.3) is 0 Å². The van der Waals surface area contributed by atoms with Crippen LogP contribution in [0.2, 0.25) is 0 Å². The van der Waals surface area contributed by atoms with Crippen LogP contribution >= 0.6 is 0 Å². The first kappa shape index (κ1) is 18.0. The van der Waals surface area contributed by atoms with E-state index in [1.807, 2.05) is 4.90 Å². The van der Waals surface area contributed by atoms with Crippen molar-refractivity contribution in [3.63, 3.8) is 0 Å². The Labute approximate surface area is 147 Å². The molecular weight excluding hydrogens is 327 g/mol. The molecule has 2 aliphatic rings. The van der Waals surface area contributed by atoms with Crippen LogP contribution in [0.25, 0.3) is 0 Å². The molecule has 0 N–H and O–H groups in total. The summed E-state index contributed by atoms with van der Waals surface area (Å²) < 4.78 is 24.4. The second-order valence-electron chi connectivity index (χ2n) is 7.08. The van der Waals surface area contributed by atoms with Crippen LogP contribution in [-0.2, 0) is 14.3 Å². The van der Waals surface area contributed by atoms with Crippen molar-refractivity contribution in [3.8, 4) is 0 Å². The zero-order chi connectivity index (χ0) is 17.9. The normalized spacial score (nSPS) is 21.9. The van der Waals surface area contributed by atoms with Crippen molar-refractivity contribution in [3.05, 3.63) is 18.2 Å². The van der Waals surface area contributed by atoms with Crippen LogP contribution in [0, 0.1) is 11.7 Å². The summed E-state index contributed by atoms with van der Waals surface area (Å²) in [5.74, 6) is 0.626. The van der Waals surface area contributed by atoms with Gasteiger partial charge in [0, 0.05) is 27.3 Å². The maximum Gasteiger partial charge on any atom is 0.248 e. The Bertz CT molecular complexity index is 590. The highest BCUT2D eigenvalue weighted by Crippen LogP contribution is 2.39. The summed E-state index contributed by atoms with van der Waals surface area (Å²) in [5.41, 5.74) is -0.153. The first-order valence-corrected chi connectivity index (χ1v) is 8.62. The van der Waals surface area contributed by atoms with Crippen molar-refractivity contribution in [2.24, 2.45) is 5.92 Å². The van der Waals surface area contributed by atoms with Crippen molar-refractivity contribution < 1.29 is 18.7 Å². The van der Waals surface area contributed by atoms with Gasteiger partial charge in [0.1, 0.15) is 12.2 Å². The van der Waals surface area contributed by atoms with Crippen LogP contribution in [-0.4, -0.2) is 73.4 Å². The lowest BCUT2D eigenvalue weighted by Crippen LogP contribution is -2.66. The van der Waals surface area contributed by atoms with Gasteiger partial charge in [-0.05, 0) is 25.2 Å². The van der Waals surface area contributed by atoms with Gasteiger partial charge in [0.15, 0.2) is 5.82 Å². The summed E-state index contributed by atoms with van der Waals surface area (Å²) in [6, 6.07) is 0. The Morgan fingerprint density at radius 1 is 1.44 bits per heavy atom. The molecule has 2 fully saturated rings. The molecule has 25 heavy (non-hydrogen) atoms. The quantitative estimate of drug-likeness (QED) is 0.714. The van der Waals surface area contributed by atoms with Crippen molar-refractivity contribution in [2.45, 2.75) is 24.9 Å². The summed E-state index contributed by atoms with van der Waals surface area (Å²) in [6.07, 6.45) is 5.28. The maximum absolute atomic E-state index is 12.9. The van der Waals surface area contributed by atoms with E-state index in [0.29, 0.717) is 18.5 Å². The van der Waals surface area contributed by atoms with E-state index in [1.165, 1.54) is 17.3 Å². The molecule has 1 spiro atoms. The van der Waals surface area contributed by atoms with E-state index >= 15 is 0 Å². The van der Waals surface area contributed by atoms with Crippen molar-refractivity contribution in [1.29, 1.82) is 0 Å². The fourth-order valence-corrected chi connectivity index (χ4v) is 3.39. The molecule has 3 rings (SSSR count). The molecule has 3 heterocycles. The molecule has 1 aromatic heterocycles. The predicted octanol–water partition coefficient (Wildman–Crippen LogP) is 1.10. The number of carbonyl (C=O) groups excluding carboxylic acids is 1. The van der Waals surface area contributed by atoms with Gasteiger partial charge in [0.05, 0.1) is 25.5 Å². The average Bonchev–Trinajstić information content (AvgIpc) is 2.57. The summed E-state index contributed by atoms with van der Waals surface area (Å²) in [6.45, 7) is 2.92. The molecule has 0 bridgehead atoms. The number of nitrogens with zero attached hydrogens (tertiary/aromatic N) is 4. The van der Waals surface area contributed by atoms with Crippen LogP contribution in [0.3, 0.4) is 0 Å². The lowest BCUT2D eigenvalue weighted by atomic mass is 9.79. The van der Waals surface area contributed by atoms with Crippen LogP contribution in [0.1, 0.15) is 19.3 Å². The Hall–Kier alpha value is -1.80. The number of likely N-dealkylation sites (N-methyl/N-ethyl adjacent to an activating group) is 1. The number of hydrogen-bond donors (Lipinski definition) is 0. The highest BCUT2D eigenvalue weighted by Gasteiger charge is 2.48. The molecule has 2 saturated heterocycles. The summed E-state index contributed by atoms with van der Waals surface area (Å²) in [7, 11) is 3.45. The number of halogens is 1. The third-order valence-corrected chi connectivity index (χ3v) is 4.84. The fourth-order valence-electron chi connectivity index (χ4n) is 3.39. The third-order valence-electron chi connectivity index (χ3n) is 4.84. The molecule has 0 unspecified atom stereocenters. The van der Waals surface area contributed by atoms with E-state index in [9.17, 15) is 9.18 Å². The van der Waals surface area contributed by atoms with Gasteiger partial charge < -0.3 is 19.3 Å². The van der Waals surface area contributed by atoms with E-state index in [2.05, 4.69) is 9.97 Å². The van der Waals surface area contributed by atoms with E-state index in [-0.39, 0.29) is 18.1 Å². The summed E-state index contributed by atoms with van der Waals surface area (Å²) >= 11 is 0. The van der Waals surface area contributed by atoms with E-state index in [4.69, 9.17) is 9.47 Å². The Morgan fingerprint density at radius 3 is 2.84 bits per heavy atom. The monoisotopic (exact) mass is 352 g/mol. The van der Waals surface area contributed by atoms with Crippen molar-refractivity contribution in [2.75, 3.05) is 51.9 Å². The van der Waals surface area contributed by atoms with Crippen LogP contribution in [0.15, 0.2) is 12.4 Å². The molecule has 0 aliphatic carbocycles. The molecule has 0 saturated carbocycles. The first-order valence-electron chi connectivity index (χ1n) is 8.62. The highest BCUT2D eigenvalue weighted by molar-refractivity contribution is 5.76. The molecule has 0 aromatic carbocycles. The smallest absolute Gasteiger partial charge is 0.248 e. The lowest BCUT2D eigenvalue weighted by molar-refractivity contribution is -0.134. The number of aromatic nitrogens is 2. The molecule has 1 aromatic rings. The van der Waals surface area contributed by atoms with E-state index in [1.54, 1.807) is 14.1 Å². The number of carbonyl (C=O) groups is 1. The third kappa shape index (κ3) is 4.43. The molecule has 2 aliphatic heterocycles. The van der Waals surface area contributed by atoms with Gasteiger partial charge in [-0.2, -0.15) is 0 Å². The molecule has 1 amide bonds. The standard InChI is InChI=1S/C17H25FN4O3/c1-21(2)15(23)10-24-5-3-13-4-6-25-17(7-13)11-22(12-17)16-19-8-14(18)9-20-16/h8-9,13H,3-7,10-12H2,1-2H3/t13-/m0/s1. The molecule has 138 valence electrons. The van der Waals surface area contributed by atoms with Crippen LogP contribution < -0.4 is 4.90 Å². The first-order chi connectivity index (χ1) is 12.0. The maximum atomic E-state index is 12.9. The van der Waals surface area contributed by atoms with Gasteiger partial charge in [-0.15, -0.1) is 0 Å². The van der Waals surface area contributed by atoms with Gasteiger partial charge >= 0.3 is 0 Å². The second kappa shape index (κ2) is 7.61. The number of amides is 1. The van der Waals surface area contributed by atoms with Crippen LogP contribution in [0.4, 0.5) is 10.3 Å². The summed E-state index contributed by atoms with van der Waals surface area (Å²) in [4.78, 5) is 23.1. The van der Waals surface area contributed by atoms with Crippen molar-refractivity contribution >= 4 is 11.9 Å². The van der Waals surface area contributed by atoms with E-state index in [0.717, 1.165) is 39.0 Å². The number of ether oxygens (including phenoxy) is 2. The van der Waals surface area contributed by atoms with Crippen molar-refractivity contribution in [1.82, 2.24) is 14.9 Å². The minimum Gasteiger partial charge on any atom is -0.372 e. The fraction of sp³-hybridized carbons (Fsp3) is 0.706. The van der Waals surface area contributed by atoms with Gasteiger partial charge in [-0.1, -0.05) is 0 Å². The minimum atomic E-state index is -0.430. The Kier molecular flexibility index (Phi) is 5.48. The number of hydrogen-bond acceptors (Lipinski definition) is 6. The molecule has 8 heteroatoms. The van der Waals surface area contributed by atoms with E-state index < -0.39 is 5.82 Å². The SMILES string of the molecule is CN(C)C(=O)COCC[C@H]1CCOC2(C1)CN(c1ncc(F)cn1)C2. The van der Waals surface area contributed by atoms with Gasteiger partial charge in [-0.3, -0.25) is 4.79 Å². The molecule has 1 atom stereocenters. The summed E-state index contributed by atoms with van der Waals surface area (Å²) in [5, 5.41) is 0. The Balaban J connectivity index is 1.41. The Morgan fingerprint density at radius 2 is 2.16 bits per heavy atom. The zero-order valence-corrected chi connectivity index (χ0v) is 14.8.